The maximum absolute atomic E-state index is 10.4. The summed E-state index contributed by atoms with van der Waals surface area (Å²) in [6, 6.07) is 1.43. The van der Waals surface area contributed by atoms with Crippen LogP contribution in [0.25, 0.3) is 0 Å². The monoisotopic (exact) mass is 252 g/mol. The van der Waals surface area contributed by atoms with E-state index in [4.69, 9.17) is 0 Å². The number of thiazole rings is 1. The number of aliphatic hydroxyl groups is 1. The molecule has 2 saturated heterocycles. The van der Waals surface area contributed by atoms with Gasteiger partial charge in [-0.25, -0.2) is 0 Å². The van der Waals surface area contributed by atoms with Crippen molar-refractivity contribution in [2.24, 2.45) is 5.92 Å². The quantitative estimate of drug-likeness (QED) is 0.893. The van der Waals surface area contributed by atoms with Crippen LogP contribution >= 0.6 is 11.3 Å². The molecule has 94 valence electrons. The standard InChI is InChI=1S/C13H20N2OS/c1-15-10-2-3-11(15)5-9(4-10)13(16)6-12-7-14-8-17-12/h7-11,13,16H,2-6H2,1H3. The van der Waals surface area contributed by atoms with Gasteiger partial charge < -0.3 is 10.0 Å². The fraction of sp³-hybridized carbons (Fsp3) is 0.769. The Kier molecular flexibility index (Phi) is 3.19. The number of nitrogens with zero attached hydrogens (tertiary/aromatic N) is 2. The molecule has 3 heterocycles. The Labute approximate surface area is 106 Å². The van der Waals surface area contributed by atoms with E-state index in [1.165, 1.54) is 30.6 Å². The Morgan fingerprint density at radius 2 is 2.18 bits per heavy atom. The van der Waals surface area contributed by atoms with Gasteiger partial charge >= 0.3 is 0 Å². The van der Waals surface area contributed by atoms with Crippen molar-refractivity contribution in [2.45, 2.75) is 50.3 Å². The van der Waals surface area contributed by atoms with E-state index in [-0.39, 0.29) is 6.10 Å². The van der Waals surface area contributed by atoms with Gasteiger partial charge in [-0.1, -0.05) is 0 Å². The second-order valence-electron chi connectivity index (χ2n) is 5.52. The molecule has 4 heteroatoms. The van der Waals surface area contributed by atoms with Gasteiger partial charge in [0.15, 0.2) is 0 Å². The molecule has 3 rings (SSSR count). The summed E-state index contributed by atoms with van der Waals surface area (Å²) in [5.74, 6) is 0.491. The predicted molar refractivity (Wildman–Crippen MR) is 69.1 cm³/mol. The molecule has 17 heavy (non-hydrogen) atoms. The van der Waals surface area contributed by atoms with E-state index in [9.17, 15) is 5.11 Å². The Bertz CT molecular complexity index is 354. The van der Waals surface area contributed by atoms with E-state index in [0.29, 0.717) is 5.92 Å². The molecule has 0 spiro atoms. The van der Waals surface area contributed by atoms with E-state index in [1.807, 2.05) is 11.7 Å². The summed E-state index contributed by atoms with van der Waals surface area (Å²) in [4.78, 5) is 7.81. The minimum atomic E-state index is -0.174. The van der Waals surface area contributed by atoms with Crippen LogP contribution in [0.3, 0.4) is 0 Å². The fourth-order valence-electron chi connectivity index (χ4n) is 3.48. The summed E-state index contributed by atoms with van der Waals surface area (Å²) in [6.07, 6.45) is 7.50. The van der Waals surface area contributed by atoms with Crippen LogP contribution in [0.5, 0.6) is 0 Å². The Morgan fingerprint density at radius 1 is 1.47 bits per heavy atom. The lowest BCUT2D eigenvalue weighted by Gasteiger charge is -2.38. The molecule has 0 amide bonds. The molecule has 3 nitrogen and oxygen atoms in total. The Hall–Kier alpha value is -0.450. The number of aromatic nitrogens is 1. The van der Waals surface area contributed by atoms with Crippen molar-refractivity contribution in [2.75, 3.05) is 7.05 Å². The topological polar surface area (TPSA) is 36.4 Å². The zero-order valence-electron chi connectivity index (χ0n) is 10.2. The first kappa shape index (κ1) is 11.6. The minimum Gasteiger partial charge on any atom is -0.392 e. The van der Waals surface area contributed by atoms with Crippen molar-refractivity contribution in [1.29, 1.82) is 0 Å². The SMILES string of the molecule is CN1C2CCC1CC(C(O)Cc1cncs1)C2. The number of hydrogen-bond donors (Lipinski definition) is 1. The maximum Gasteiger partial charge on any atom is 0.0794 e. The van der Waals surface area contributed by atoms with Crippen molar-refractivity contribution >= 4 is 11.3 Å². The number of hydrogen-bond acceptors (Lipinski definition) is 4. The highest BCUT2D eigenvalue weighted by Crippen LogP contribution is 2.39. The molecule has 2 fully saturated rings. The molecule has 2 aliphatic heterocycles. The zero-order chi connectivity index (χ0) is 11.8. The fourth-order valence-corrected chi connectivity index (χ4v) is 4.13. The lowest BCUT2D eigenvalue weighted by Crippen LogP contribution is -2.43. The lowest BCUT2D eigenvalue weighted by molar-refractivity contribution is 0.0372. The smallest absolute Gasteiger partial charge is 0.0794 e. The molecule has 2 bridgehead atoms. The summed E-state index contributed by atoms with van der Waals surface area (Å²) in [6.45, 7) is 0. The summed E-state index contributed by atoms with van der Waals surface area (Å²) >= 11 is 1.65. The summed E-state index contributed by atoms with van der Waals surface area (Å²) in [5, 5.41) is 10.4. The zero-order valence-corrected chi connectivity index (χ0v) is 11.1. The van der Waals surface area contributed by atoms with Crippen LogP contribution in [-0.2, 0) is 6.42 Å². The first-order valence-corrected chi connectivity index (χ1v) is 7.39. The first-order chi connectivity index (χ1) is 8.24. The minimum absolute atomic E-state index is 0.174. The maximum atomic E-state index is 10.4. The van der Waals surface area contributed by atoms with Crippen LogP contribution in [-0.4, -0.2) is 40.2 Å². The van der Waals surface area contributed by atoms with Gasteiger partial charge in [-0.2, -0.15) is 0 Å². The third-order valence-corrected chi connectivity index (χ3v) is 5.37. The second kappa shape index (κ2) is 4.67. The van der Waals surface area contributed by atoms with Gasteiger partial charge in [0, 0.05) is 29.6 Å². The third-order valence-electron chi connectivity index (χ3n) is 4.57. The van der Waals surface area contributed by atoms with Crippen LogP contribution in [0.1, 0.15) is 30.6 Å². The van der Waals surface area contributed by atoms with Crippen LogP contribution < -0.4 is 0 Å². The van der Waals surface area contributed by atoms with E-state index in [0.717, 1.165) is 18.5 Å². The average Bonchev–Trinajstić information content (AvgIpc) is 2.86. The van der Waals surface area contributed by atoms with Crippen LogP contribution in [0.2, 0.25) is 0 Å². The Morgan fingerprint density at radius 3 is 2.76 bits per heavy atom. The molecule has 1 N–H and O–H groups in total. The predicted octanol–water partition coefficient (Wildman–Crippen LogP) is 1.92. The van der Waals surface area contributed by atoms with Gasteiger partial charge in [0.1, 0.15) is 0 Å². The van der Waals surface area contributed by atoms with Crippen LogP contribution in [0.4, 0.5) is 0 Å². The van der Waals surface area contributed by atoms with Gasteiger partial charge in [-0.15, -0.1) is 11.3 Å². The van der Waals surface area contributed by atoms with Gasteiger partial charge in [0.2, 0.25) is 0 Å². The molecule has 0 aliphatic carbocycles. The van der Waals surface area contributed by atoms with Crippen molar-refractivity contribution in [3.63, 3.8) is 0 Å². The first-order valence-electron chi connectivity index (χ1n) is 6.51. The summed E-state index contributed by atoms with van der Waals surface area (Å²) in [7, 11) is 2.24. The average molecular weight is 252 g/mol. The van der Waals surface area contributed by atoms with Crippen LogP contribution in [0, 0.1) is 5.92 Å². The summed E-state index contributed by atoms with van der Waals surface area (Å²) < 4.78 is 0. The highest BCUT2D eigenvalue weighted by molar-refractivity contribution is 7.09. The molecular weight excluding hydrogens is 232 g/mol. The molecule has 3 unspecified atom stereocenters. The molecule has 0 radical (unpaired) electrons. The third kappa shape index (κ3) is 2.26. The van der Waals surface area contributed by atoms with E-state index in [1.54, 1.807) is 11.3 Å². The van der Waals surface area contributed by atoms with Crippen molar-refractivity contribution in [3.05, 3.63) is 16.6 Å². The molecule has 3 atom stereocenters. The van der Waals surface area contributed by atoms with Crippen molar-refractivity contribution < 1.29 is 5.11 Å². The van der Waals surface area contributed by atoms with Gasteiger partial charge in [0.05, 0.1) is 11.6 Å². The molecule has 2 aliphatic rings. The second-order valence-corrected chi connectivity index (χ2v) is 6.49. The molecule has 0 saturated carbocycles. The number of aliphatic hydroxyl groups excluding tert-OH is 1. The van der Waals surface area contributed by atoms with Gasteiger partial charge in [-0.3, -0.25) is 4.98 Å². The normalized spacial score (nSPS) is 35.1. The van der Waals surface area contributed by atoms with E-state index < -0.39 is 0 Å². The van der Waals surface area contributed by atoms with Crippen molar-refractivity contribution in [3.8, 4) is 0 Å². The largest absolute Gasteiger partial charge is 0.392 e. The molecule has 1 aromatic heterocycles. The lowest BCUT2D eigenvalue weighted by atomic mass is 9.85. The number of fused-ring (bicyclic) bond motifs is 2. The highest BCUT2D eigenvalue weighted by Gasteiger charge is 2.40. The van der Waals surface area contributed by atoms with E-state index >= 15 is 0 Å². The Balaban J connectivity index is 1.62. The number of rotatable bonds is 3. The summed E-state index contributed by atoms with van der Waals surface area (Å²) in [5.41, 5.74) is 1.85. The number of piperidine rings is 1. The van der Waals surface area contributed by atoms with Gasteiger partial charge in [-0.05, 0) is 38.6 Å². The molecular formula is C13H20N2OS. The van der Waals surface area contributed by atoms with Crippen LogP contribution in [0.15, 0.2) is 11.7 Å². The molecule has 0 aromatic carbocycles. The molecule has 1 aromatic rings. The van der Waals surface area contributed by atoms with E-state index in [2.05, 4.69) is 16.9 Å². The van der Waals surface area contributed by atoms with Crippen molar-refractivity contribution in [1.82, 2.24) is 9.88 Å². The highest BCUT2D eigenvalue weighted by atomic mass is 32.1. The van der Waals surface area contributed by atoms with Gasteiger partial charge in [0.25, 0.3) is 0 Å².